The molecule has 98 valence electrons. The minimum atomic E-state index is 0.491. The van der Waals surface area contributed by atoms with Crippen molar-refractivity contribution in [2.45, 2.75) is 13.8 Å². The standard InChI is InChI=1S/C15H13N5/c1-9-10(2)19-20-15(13(9)8-16)18-12-3-4-14-11(7-12)5-6-17-14/h3-7,17H,1-2H3,(H,18,20). The molecule has 0 spiro atoms. The van der Waals surface area contributed by atoms with E-state index in [0.29, 0.717) is 11.4 Å². The topological polar surface area (TPSA) is 77.4 Å². The monoisotopic (exact) mass is 263 g/mol. The highest BCUT2D eigenvalue weighted by molar-refractivity contribution is 5.84. The van der Waals surface area contributed by atoms with E-state index in [9.17, 15) is 5.26 Å². The number of fused-ring (bicyclic) bond motifs is 1. The predicted octanol–water partition coefficient (Wildman–Crippen LogP) is 3.19. The summed E-state index contributed by atoms with van der Waals surface area (Å²) < 4.78 is 0. The Labute approximate surface area is 116 Å². The first kappa shape index (κ1) is 12.2. The number of H-pyrrole nitrogens is 1. The third-order valence-electron chi connectivity index (χ3n) is 3.38. The molecule has 3 aromatic rings. The van der Waals surface area contributed by atoms with Gasteiger partial charge >= 0.3 is 0 Å². The zero-order valence-corrected chi connectivity index (χ0v) is 11.2. The van der Waals surface area contributed by atoms with Crippen molar-refractivity contribution in [1.29, 1.82) is 5.26 Å². The Hall–Kier alpha value is -2.87. The van der Waals surface area contributed by atoms with Crippen molar-refractivity contribution >= 4 is 22.4 Å². The first-order chi connectivity index (χ1) is 9.69. The highest BCUT2D eigenvalue weighted by Crippen LogP contribution is 2.24. The summed E-state index contributed by atoms with van der Waals surface area (Å²) in [4.78, 5) is 3.14. The molecule has 0 aliphatic carbocycles. The van der Waals surface area contributed by atoms with Crippen LogP contribution in [0.1, 0.15) is 16.8 Å². The van der Waals surface area contributed by atoms with Crippen molar-refractivity contribution in [1.82, 2.24) is 15.2 Å². The van der Waals surface area contributed by atoms with Crippen LogP contribution in [0.15, 0.2) is 30.5 Å². The van der Waals surface area contributed by atoms with Gasteiger partial charge in [-0.1, -0.05) is 0 Å². The smallest absolute Gasteiger partial charge is 0.171 e. The molecule has 0 radical (unpaired) electrons. The molecule has 0 amide bonds. The lowest BCUT2D eigenvalue weighted by atomic mass is 10.1. The number of nitrogens with one attached hydrogen (secondary N) is 2. The highest BCUT2D eigenvalue weighted by atomic mass is 15.2. The molecule has 0 atom stereocenters. The van der Waals surface area contributed by atoms with E-state index >= 15 is 0 Å². The van der Waals surface area contributed by atoms with Crippen molar-refractivity contribution in [2.24, 2.45) is 0 Å². The lowest BCUT2D eigenvalue weighted by Crippen LogP contribution is -2.03. The molecule has 0 saturated carbocycles. The SMILES string of the molecule is Cc1nnc(Nc2ccc3[nH]ccc3c2)c(C#N)c1C. The minimum Gasteiger partial charge on any atom is -0.361 e. The second-order valence-electron chi connectivity index (χ2n) is 4.65. The fraction of sp³-hybridized carbons (Fsp3) is 0.133. The van der Waals surface area contributed by atoms with Crippen LogP contribution in [0.5, 0.6) is 0 Å². The van der Waals surface area contributed by atoms with E-state index in [1.54, 1.807) is 0 Å². The Morgan fingerprint density at radius 3 is 2.85 bits per heavy atom. The zero-order valence-electron chi connectivity index (χ0n) is 11.2. The van der Waals surface area contributed by atoms with Gasteiger partial charge in [0, 0.05) is 22.8 Å². The Morgan fingerprint density at radius 2 is 2.05 bits per heavy atom. The maximum atomic E-state index is 9.28. The van der Waals surface area contributed by atoms with Crippen molar-refractivity contribution < 1.29 is 0 Å². The number of nitrogens with zero attached hydrogens (tertiary/aromatic N) is 3. The molecule has 2 N–H and O–H groups in total. The van der Waals surface area contributed by atoms with Crippen LogP contribution in [0.3, 0.4) is 0 Å². The zero-order chi connectivity index (χ0) is 14.1. The molecule has 2 heterocycles. The average Bonchev–Trinajstić information content (AvgIpc) is 2.91. The molecule has 0 aliphatic heterocycles. The van der Waals surface area contributed by atoms with E-state index in [2.05, 4.69) is 26.6 Å². The molecule has 0 unspecified atom stereocenters. The maximum absolute atomic E-state index is 9.28. The van der Waals surface area contributed by atoms with E-state index in [0.717, 1.165) is 27.8 Å². The average molecular weight is 263 g/mol. The van der Waals surface area contributed by atoms with Gasteiger partial charge in [-0.3, -0.25) is 0 Å². The summed E-state index contributed by atoms with van der Waals surface area (Å²) in [6, 6.07) is 10.1. The van der Waals surface area contributed by atoms with Gasteiger partial charge in [-0.2, -0.15) is 10.4 Å². The van der Waals surface area contributed by atoms with Crippen LogP contribution in [-0.2, 0) is 0 Å². The summed E-state index contributed by atoms with van der Waals surface area (Å²) in [5, 5.41) is 21.7. The maximum Gasteiger partial charge on any atom is 0.171 e. The summed E-state index contributed by atoms with van der Waals surface area (Å²) >= 11 is 0. The molecule has 3 rings (SSSR count). The van der Waals surface area contributed by atoms with Gasteiger partial charge in [0.05, 0.1) is 5.69 Å². The molecule has 20 heavy (non-hydrogen) atoms. The van der Waals surface area contributed by atoms with E-state index in [1.165, 1.54) is 0 Å². The van der Waals surface area contributed by atoms with Crippen LogP contribution >= 0.6 is 0 Å². The van der Waals surface area contributed by atoms with Gasteiger partial charge in [-0.05, 0) is 43.7 Å². The highest BCUT2D eigenvalue weighted by Gasteiger charge is 2.11. The van der Waals surface area contributed by atoms with Crippen LogP contribution < -0.4 is 5.32 Å². The summed E-state index contributed by atoms with van der Waals surface area (Å²) in [5.41, 5.74) is 4.11. The molecule has 1 aromatic carbocycles. The summed E-state index contributed by atoms with van der Waals surface area (Å²) in [5.74, 6) is 0.491. The number of benzene rings is 1. The van der Waals surface area contributed by atoms with Crippen LogP contribution in [0.2, 0.25) is 0 Å². The van der Waals surface area contributed by atoms with Gasteiger partial charge in [-0.25, -0.2) is 0 Å². The van der Waals surface area contributed by atoms with Crippen molar-refractivity contribution in [3.63, 3.8) is 0 Å². The second kappa shape index (κ2) is 4.67. The molecule has 0 aliphatic rings. The Morgan fingerprint density at radius 1 is 1.20 bits per heavy atom. The van der Waals surface area contributed by atoms with Gasteiger partial charge in [0.1, 0.15) is 11.6 Å². The fourth-order valence-corrected chi connectivity index (χ4v) is 2.10. The van der Waals surface area contributed by atoms with Crippen LogP contribution in [0, 0.1) is 25.2 Å². The summed E-state index contributed by atoms with van der Waals surface area (Å²) in [6.07, 6.45) is 1.89. The van der Waals surface area contributed by atoms with Crippen LogP contribution in [0.25, 0.3) is 10.9 Å². The van der Waals surface area contributed by atoms with E-state index < -0.39 is 0 Å². The largest absolute Gasteiger partial charge is 0.361 e. The number of anilines is 2. The number of aromatic nitrogens is 3. The Balaban J connectivity index is 2.02. The Kier molecular flexibility index (Phi) is 2.84. The molecular formula is C15H13N5. The first-order valence-corrected chi connectivity index (χ1v) is 6.27. The van der Waals surface area contributed by atoms with Crippen molar-refractivity contribution in [2.75, 3.05) is 5.32 Å². The van der Waals surface area contributed by atoms with Crippen molar-refractivity contribution in [3.8, 4) is 6.07 Å². The van der Waals surface area contributed by atoms with E-state index in [1.807, 2.05) is 44.3 Å². The molecular weight excluding hydrogens is 250 g/mol. The number of hydrogen-bond donors (Lipinski definition) is 2. The van der Waals surface area contributed by atoms with Gasteiger partial charge in [-0.15, -0.1) is 5.10 Å². The number of aromatic amines is 1. The molecule has 0 saturated heterocycles. The molecule has 5 heteroatoms. The van der Waals surface area contributed by atoms with Gasteiger partial charge in [0.15, 0.2) is 5.82 Å². The lowest BCUT2D eigenvalue weighted by molar-refractivity contribution is 0.960. The molecule has 5 nitrogen and oxygen atoms in total. The number of nitriles is 1. The third kappa shape index (κ3) is 1.97. The Bertz CT molecular complexity index is 826. The normalized spacial score (nSPS) is 10.4. The van der Waals surface area contributed by atoms with E-state index in [-0.39, 0.29) is 0 Å². The van der Waals surface area contributed by atoms with Gasteiger partial charge < -0.3 is 10.3 Å². The van der Waals surface area contributed by atoms with Gasteiger partial charge in [0.25, 0.3) is 0 Å². The third-order valence-corrected chi connectivity index (χ3v) is 3.38. The number of hydrogen-bond acceptors (Lipinski definition) is 4. The number of rotatable bonds is 2. The summed E-state index contributed by atoms with van der Waals surface area (Å²) in [7, 11) is 0. The van der Waals surface area contributed by atoms with Crippen LogP contribution in [-0.4, -0.2) is 15.2 Å². The minimum absolute atomic E-state index is 0.491. The molecule has 0 fully saturated rings. The fourth-order valence-electron chi connectivity index (χ4n) is 2.10. The van der Waals surface area contributed by atoms with E-state index in [4.69, 9.17) is 0 Å². The second-order valence-corrected chi connectivity index (χ2v) is 4.65. The van der Waals surface area contributed by atoms with Crippen LogP contribution in [0.4, 0.5) is 11.5 Å². The number of aryl methyl sites for hydroxylation is 1. The first-order valence-electron chi connectivity index (χ1n) is 6.27. The summed E-state index contributed by atoms with van der Waals surface area (Å²) in [6.45, 7) is 3.72. The molecule has 0 bridgehead atoms. The molecule has 2 aromatic heterocycles. The van der Waals surface area contributed by atoms with Gasteiger partial charge in [0.2, 0.25) is 0 Å². The predicted molar refractivity (Wildman–Crippen MR) is 77.8 cm³/mol. The van der Waals surface area contributed by atoms with Crippen molar-refractivity contribution in [3.05, 3.63) is 47.3 Å². The quantitative estimate of drug-likeness (QED) is 0.744. The lowest BCUT2D eigenvalue weighted by Gasteiger charge is -2.09.